The molecule has 8 nitrogen and oxygen atoms in total. The minimum Gasteiger partial charge on any atom is -0.379 e. The van der Waals surface area contributed by atoms with Gasteiger partial charge in [0.2, 0.25) is 10.0 Å². The Morgan fingerprint density at radius 1 is 1.03 bits per heavy atom. The molecule has 1 amide bonds. The van der Waals surface area contributed by atoms with E-state index in [-0.39, 0.29) is 15.5 Å². The van der Waals surface area contributed by atoms with Crippen LogP contribution in [0.25, 0.3) is 4.91 Å². The van der Waals surface area contributed by atoms with E-state index in [4.69, 9.17) is 5.14 Å². The Labute approximate surface area is 184 Å². The van der Waals surface area contributed by atoms with Gasteiger partial charge in [-0.25, -0.2) is 17.9 Å². The zero-order valence-electron chi connectivity index (χ0n) is 17.6. The van der Waals surface area contributed by atoms with Crippen molar-refractivity contribution < 1.29 is 22.3 Å². The second kappa shape index (κ2) is 8.29. The van der Waals surface area contributed by atoms with Crippen molar-refractivity contribution in [2.45, 2.75) is 37.6 Å². The van der Waals surface area contributed by atoms with Crippen LogP contribution in [0, 0.1) is 0 Å². The molecule has 31 heavy (non-hydrogen) atoms. The van der Waals surface area contributed by atoms with Gasteiger partial charge >= 0.3 is 0 Å². The van der Waals surface area contributed by atoms with Gasteiger partial charge in [0.25, 0.3) is 5.91 Å². The standard InChI is InChI=1S/C21H27N3O5S2/c1-21(2,3)24-20(25)18(19(31(24,28)29)16-7-5-4-6-8-16)23-14-13-15-9-11-17(12-10-15)30(22,26)27/h4-12,23,28-29H,13-14H2,1-3H3,(H2,22,26,27). The van der Waals surface area contributed by atoms with Crippen molar-refractivity contribution in [3.05, 3.63) is 71.4 Å². The normalized spacial score (nSPS) is 17.7. The van der Waals surface area contributed by atoms with E-state index in [0.717, 1.165) is 9.87 Å². The van der Waals surface area contributed by atoms with E-state index in [1.165, 1.54) is 12.1 Å². The van der Waals surface area contributed by atoms with Gasteiger partial charge in [0.05, 0.1) is 10.4 Å². The highest BCUT2D eigenvalue weighted by atomic mass is 32.3. The topological polar surface area (TPSA) is 133 Å². The highest BCUT2D eigenvalue weighted by molar-refractivity contribution is 8.31. The summed E-state index contributed by atoms with van der Waals surface area (Å²) >= 11 is 0. The summed E-state index contributed by atoms with van der Waals surface area (Å²) in [7, 11) is -7.29. The molecule has 3 rings (SSSR count). The van der Waals surface area contributed by atoms with Crippen LogP contribution < -0.4 is 10.5 Å². The molecule has 0 saturated heterocycles. The van der Waals surface area contributed by atoms with Crippen LogP contribution in [0.3, 0.4) is 0 Å². The van der Waals surface area contributed by atoms with Crippen molar-refractivity contribution in [1.29, 1.82) is 0 Å². The zero-order valence-corrected chi connectivity index (χ0v) is 19.2. The Balaban J connectivity index is 1.88. The fourth-order valence-electron chi connectivity index (χ4n) is 3.45. The Morgan fingerprint density at radius 3 is 2.13 bits per heavy atom. The van der Waals surface area contributed by atoms with Crippen molar-refractivity contribution in [1.82, 2.24) is 9.62 Å². The average Bonchev–Trinajstić information content (AvgIpc) is 2.87. The van der Waals surface area contributed by atoms with Crippen molar-refractivity contribution in [3.63, 3.8) is 0 Å². The molecule has 0 radical (unpaired) electrons. The number of rotatable bonds is 6. The first-order valence-electron chi connectivity index (χ1n) is 9.62. The molecular weight excluding hydrogens is 438 g/mol. The van der Waals surface area contributed by atoms with E-state index >= 15 is 0 Å². The molecule has 0 fully saturated rings. The number of carbonyl (C=O) groups is 1. The van der Waals surface area contributed by atoms with E-state index < -0.39 is 32.2 Å². The first-order valence-corrected chi connectivity index (χ1v) is 12.7. The number of nitrogens with zero attached hydrogens (tertiary/aromatic N) is 1. The maximum atomic E-state index is 13.2. The number of sulfonamides is 1. The largest absolute Gasteiger partial charge is 0.379 e. The highest BCUT2D eigenvalue weighted by Crippen LogP contribution is 2.63. The molecule has 1 heterocycles. The molecule has 168 valence electrons. The zero-order chi connectivity index (χ0) is 23.0. The fraction of sp³-hybridized carbons (Fsp3) is 0.286. The Hall–Kier alpha value is -2.37. The van der Waals surface area contributed by atoms with Crippen LogP contribution in [0.15, 0.2) is 65.2 Å². The van der Waals surface area contributed by atoms with Crippen molar-refractivity contribution in [2.24, 2.45) is 5.14 Å². The van der Waals surface area contributed by atoms with Gasteiger partial charge in [-0.05, 0) is 44.9 Å². The molecule has 0 bridgehead atoms. The van der Waals surface area contributed by atoms with Crippen molar-refractivity contribution in [2.75, 3.05) is 6.54 Å². The summed E-state index contributed by atoms with van der Waals surface area (Å²) in [6.07, 6.45) is 0.485. The summed E-state index contributed by atoms with van der Waals surface area (Å²) in [5, 5.41) is 8.19. The third-order valence-electron chi connectivity index (χ3n) is 4.77. The second-order valence-electron chi connectivity index (χ2n) is 8.23. The molecule has 2 aromatic carbocycles. The van der Waals surface area contributed by atoms with Crippen molar-refractivity contribution in [3.8, 4) is 0 Å². The minimum absolute atomic E-state index is 0.0269. The van der Waals surface area contributed by atoms with Gasteiger partial charge in [0, 0.05) is 12.1 Å². The monoisotopic (exact) mass is 465 g/mol. The summed E-state index contributed by atoms with van der Waals surface area (Å²) in [5.74, 6) is -0.476. The first-order chi connectivity index (χ1) is 14.3. The lowest BCUT2D eigenvalue weighted by atomic mass is 10.1. The number of carbonyl (C=O) groups excluding carboxylic acids is 1. The summed E-state index contributed by atoms with van der Waals surface area (Å²) in [6.45, 7) is 5.58. The number of benzene rings is 2. The van der Waals surface area contributed by atoms with Crippen LogP contribution in [0.4, 0.5) is 0 Å². The van der Waals surface area contributed by atoms with Gasteiger partial charge in [-0.2, -0.15) is 0 Å². The second-order valence-corrected chi connectivity index (χ2v) is 11.6. The van der Waals surface area contributed by atoms with Crippen molar-refractivity contribution >= 4 is 31.6 Å². The third kappa shape index (κ3) is 4.78. The Kier molecular flexibility index (Phi) is 6.23. The molecule has 5 N–H and O–H groups in total. The predicted octanol–water partition coefficient (Wildman–Crippen LogP) is 3.14. The lowest BCUT2D eigenvalue weighted by Crippen LogP contribution is -2.45. The van der Waals surface area contributed by atoms with Crippen LogP contribution in [0.2, 0.25) is 0 Å². The number of nitrogens with one attached hydrogen (secondary N) is 1. The molecule has 2 aromatic rings. The van der Waals surface area contributed by atoms with E-state index in [1.54, 1.807) is 57.2 Å². The maximum Gasteiger partial charge on any atom is 0.290 e. The number of primary sulfonamides is 1. The smallest absolute Gasteiger partial charge is 0.290 e. The molecule has 1 aliphatic heterocycles. The number of nitrogens with two attached hydrogens (primary N) is 1. The summed E-state index contributed by atoms with van der Waals surface area (Å²) < 4.78 is 46.0. The van der Waals surface area contributed by atoms with Gasteiger partial charge in [0.1, 0.15) is 10.6 Å². The molecule has 0 saturated carbocycles. The molecule has 10 heteroatoms. The first kappa shape index (κ1) is 23.3. The molecule has 0 spiro atoms. The van der Waals surface area contributed by atoms with Crippen LogP contribution in [0.1, 0.15) is 31.9 Å². The average molecular weight is 466 g/mol. The number of hydrogen-bond donors (Lipinski definition) is 4. The van der Waals surface area contributed by atoms with E-state index in [9.17, 15) is 22.3 Å². The predicted molar refractivity (Wildman–Crippen MR) is 122 cm³/mol. The Morgan fingerprint density at radius 2 is 1.61 bits per heavy atom. The van der Waals surface area contributed by atoms with Crippen LogP contribution in [-0.2, 0) is 21.2 Å². The molecule has 0 unspecified atom stereocenters. The van der Waals surface area contributed by atoms with Crippen LogP contribution in [0.5, 0.6) is 0 Å². The molecule has 0 aliphatic carbocycles. The minimum atomic E-state index is -3.76. The van der Waals surface area contributed by atoms with Gasteiger partial charge < -0.3 is 5.32 Å². The van der Waals surface area contributed by atoms with Gasteiger partial charge in [0.15, 0.2) is 0 Å². The number of hydrogen-bond acceptors (Lipinski definition) is 6. The van der Waals surface area contributed by atoms with E-state index in [1.807, 2.05) is 6.07 Å². The van der Waals surface area contributed by atoms with Gasteiger partial charge in [-0.3, -0.25) is 13.9 Å². The SMILES string of the molecule is CC(C)(C)N1C(=O)C(NCCc2ccc(S(N)(=O)=O)cc2)=C(c2ccccc2)S1(O)O. The quantitative estimate of drug-likeness (QED) is 0.518. The lowest BCUT2D eigenvalue weighted by molar-refractivity contribution is -0.125. The van der Waals surface area contributed by atoms with E-state index in [0.29, 0.717) is 18.5 Å². The van der Waals surface area contributed by atoms with Gasteiger partial charge in [-0.15, -0.1) is 0 Å². The Bertz CT molecular complexity index is 1110. The summed E-state index contributed by atoms with van der Waals surface area (Å²) in [5.41, 5.74) is 0.750. The third-order valence-corrected chi connectivity index (χ3v) is 7.91. The van der Waals surface area contributed by atoms with E-state index in [2.05, 4.69) is 5.32 Å². The van der Waals surface area contributed by atoms with Crippen LogP contribution >= 0.6 is 10.8 Å². The lowest BCUT2D eigenvalue weighted by Gasteiger charge is -2.45. The molecular formula is C21H27N3O5S2. The molecule has 1 aliphatic rings. The summed E-state index contributed by atoms with van der Waals surface area (Å²) in [6, 6.07) is 15.0. The highest BCUT2D eigenvalue weighted by Gasteiger charge is 2.49. The fourth-order valence-corrected chi connectivity index (χ4v) is 6.12. The van der Waals surface area contributed by atoms with Crippen LogP contribution in [-0.4, -0.2) is 39.8 Å². The molecule has 0 aromatic heterocycles. The van der Waals surface area contributed by atoms with Gasteiger partial charge in [-0.1, -0.05) is 53.2 Å². The summed E-state index contributed by atoms with van der Waals surface area (Å²) in [4.78, 5) is 13.4. The maximum absolute atomic E-state index is 13.2. The number of amides is 1. The molecule has 0 atom stereocenters.